The van der Waals surface area contributed by atoms with Crippen molar-refractivity contribution < 1.29 is 9.84 Å². The highest BCUT2D eigenvalue weighted by atomic mass is 127. The Bertz CT molecular complexity index is 743. The fraction of sp³-hybridized carbons (Fsp3) is 0.458. The molecule has 2 aromatic rings. The number of rotatable bonds is 9. The third kappa shape index (κ3) is 8.24. The third-order valence-corrected chi connectivity index (χ3v) is 5.15. The molecule has 0 bridgehead atoms. The van der Waals surface area contributed by atoms with Crippen molar-refractivity contribution in [2.45, 2.75) is 32.5 Å². The van der Waals surface area contributed by atoms with Gasteiger partial charge < -0.3 is 20.1 Å². The Hall–Kier alpha value is -1.64. The first-order valence-corrected chi connectivity index (χ1v) is 10.6. The number of aliphatic hydroxyl groups excluding tert-OH is 1. The van der Waals surface area contributed by atoms with Gasteiger partial charge in [0.1, 0.15) is 0 Å². The minimum atomic E-state index is -0.473. The molecule has 2 N–H and O–H groups in total. The molecule has 0 amide bonds. The normalized spacial score (nSPS) is 17.5. The Labute approximate surface area is 197 Å². The van der Waals surface area contributed by atoms with E-state index in [-0.39, 0.29) is 24.0 Å². The number of aliphatic hydroxyl groups is 1. The van der Waals surface area contributed by atoms with Crippen LogP contribution in [0.3, 0.4) is 0 Å². The molecule has 2 unspecified atom stereocenters. The Balaban J connectivity index is 0.00000320. The highest BCUT2D eigenvalue weighted by molar-refractivity contribution is 14.0. The first kappa shape index (κ1) is 24.6. The fourth-order valence-electron chi connectivity index (χ4n) is 3.65. The number of hydrogen-bond donors (Lipinski definition) is 2. The predicted octanol–water partition coefficient (Wildman–Crippen LogP) is 3.71. The summed E-state index contributed by atoms with van der Waals surface area (Å²) in [5.74, 6) is 1.40. The Kier molecular flexibility index (Phi) is 11.2. The van der Waals surface area contributed by atoms with Crippen LogP contribution in [0.1, 0.15) is 24.5 Å². The summed E-state index contributed by atoms with van der Waals surface area (Å²) < 4.78 is 5.93. The van der Waals surface area contributed by atoms with Crippen LogP contribution in [0, 0.1) is 5.92 Å². The molecule has 5 nitrogen and oxygen atoms in total. The number of aliphatic imine (C=N–C) groups is 1. The van der Waals surface area contributed by atoms with E-state index in [4.69, 9.17) is 9.73 Å². The van der Waals surface area contributed by atoms with E-state index in [1.807, 2.05) is 48.5 Å². The smallest absolute Gasteiger partial charge is 0.194 e. The van der Waals surface area contributed by atoms with Gasteiger partial charge in [-0.15, -0.1) is 24.0 Å². The lowest BCUT2D eigenvalue weighted by atomic mass is 10.1. The van der Waals surface area contributed by atoms with Crippen molar-refractivity contribution in [1.29, 1.82) is 0 Å². The van der Waals surface area contributed by atoms with Crippen LogP contribution >= 0.6 is 24.0 Å². The largest absolute Gasteiger partial charge is 0.391 e. The zero-order chi connectivity index (χ0) is 20.3. The van der Waals surface area contributed by atoms with Crippen LogP contribution in [-0.2, 0) is 17.8 Å². The van der Waals surface area contributed by atoms with Crippen LogP contribution in [0.2, 0.25) is 0 Å². The number of guanidine groups is 1. The molecule has 0 saturated carbocycles. The van der Waals surface area contributed by atoms with E-state index in [0.717, 1.165) is 44.2 Å². The average Bonchev–Trinajstić information content (AvgIpc) is 3.21. The first-order valence-electron chi connectivity index (χ1n) is 10.6. The molecule has 0 aromatic heterocycles. The molecule has 30 heavy (non-hydrogen) atoms. The third-order valence-electron chi connectivity index (χ3n) is 5.15. The summed E-state index contributed by atoms with van der Waals surface area (Å²) in [6.45, 7) is 6.64. The van der Waals surface area contributed by atoms with Crippen molar-refractivity contribution in [3.8, 4) is 0 Å². The van der Waals surface area contributed by atoms with Crippen LogP contribution in [0.5, 0.6) is 0 Å². The topological polar surface area (TPSA) is 57.1 Å². The minimum absolute atomic E-state index is 0. The lowest BCUT2D eigenvalue weighted by Gasteiger charge is -2.22. The average molecular weight is 523 g/mol. The summed E-state index contributed by atoms with van der Waals surface area (Å²) in [7, 11) is 0. The van der Waals surface area contributed by atoms with Gasteiger partial charge in [0.15, 0.2) is 5.96 Å². The van der Waals surface area contributed by atoms with Gasteiger partial charge in [-0.2, -0.15) is 0 Å². The van der Waals surface area contributed by atoms with E-state index in [9.17, 15) is 5.11 Å². The molecule has 3 rings (SSSR count). The Morgan fingerprint density at radius 3 is 2.47 bits per heavy atom. The van der Waals surface area contributed by atoms with Crippen molar-refractivity contribution >= 4 is 29.9 Å². The lowest BCUT2D eigenvalue weighted by molar-refractivity contribution is 0.0906. The van der Waals surface area contributed by atoms with Gasteiger partial charge in [-0.3, -0.25) is 4.99 Å². The summed E-state index contributed by atoms with van der Waals surface area (Å²) in [5.41, 5.74) is 2.35. The van der Waals surface area contributed by atoms with Gasteiger partial charge in [0, 0.05) is 32.0 Å². The van der Waals surface area contributed by atoms with E-state index in [1.165, 1.54) is 5.56 Å². The molecule has 1 saturated heterocycles. The van der Waals surface area contributed by atoms with E-state index in [1.54, 1.807) is 0 Å². The zero-order valence-corrected chi connectivity index (χ0v) is 20.1. The predicted molar refractivity (Wildman–Crippen MR) is 133 cm³/mol. The molecule has 1 aliphatic rings. The zero-order valence-electron chi connectivity index (χ0n) is 17.7. The molecule has 2 atom stereocenters. The highest BCUT2D eigenvalue weighted by Gasteiger charge is 2.25. The molecule has 0 aliphatic carbocycles. The number of hydrogen-bond acceptors (Lipinski definition) is 3. The summed E-state index contributed by atoms with van der Waals surface area (Å²) in [6, 6.07) is 20.4. The van der Waals surface area contributed by atoms with Gasteiger partial charge in [-0.1, -0.05) is 60.7 Å². The van der Waals surface area contributed by atoms with Crippen LogP contribution < -0.4 is 5.32 Å². The van der Waals surface area contributed by atoms with E-state index in [0.29, 0.717) is 25.5 Å². The van der Waals surface area contributed by atoms with Gasteiger partial charge >= 0.3 is 0 Å². The number of nitrogens with one attached hydrogen (secondary N) is 1. The summed E-state index contributed by atoms with van der Waals surface area (Å²) in [4.78, 5) is 6.98. The fourth-order valence-corrected chi connectivity index (χ4v) is 3.65. The molecular formula is C24H34IN3O2. The van der Waals surface area contributed by atoms with E-state index >= 15 is 0 Å². The molecule has 1 fully saturated rings. The van der Waals surface area contributed by atoms with Crippen molar-refractivity contribution in [2.24, 2.45) is 10.9 Å². The van der Waals surface area contributed by atoms with E-state index < -0.39 is 6.10 Å². The molecule has 2 aromatic carbocycles. The molecule has 1 aliphatic heterocycles. The maximum Gasteiger partial charge on any atom is 0.194 e. The maximum absolute atomic E-state index is 10.4. The number of nitrogens with zero attached hydrogens (tertiary/aromatic N) is 2. The van der Waals surface area contributed by atoms with Crippen molar-refractivity contribution in [1.82, 2.24) is 10.2 Å². The van der Waals surface area contributed by atoms with Crippen molar-refractivity contribution in [3.05, 3.63) is 71.8 Å². The monoisotopic (exact) mass is 523 g/mol. The second-order valence-electron chi connectivity index (χ2n) is 7.64. The Morgan fingerprint density at radius 1 is 1.13 bits per heavy atom. The number of ether oxygens (including phenoxy) is 1. The van der Waals surface area contributed by atoms with Gasteiger partial charge in [-0.05, 0) is 24.5 Å². The summed E-state index contributed by atoms with van der Waals surface area (Å²) in [5, 5.41) is 13.7. The molecule has 6 heteroatoms. The quantitative estimate of drug-likeness (QED) is 0.299. The number of halogens is 1. The number of benzene rings is 2. The summed E-state index contributed by atoms with van der Waals surface area (Å²) in [6.07, 6.45) is 1.25. The molecule has 0 radical (unpaired) electrons. The van der Waals surface area contributed by atoms with Crippen LogP contribution in [0.15, 0.2) is 65.7 Å². The van der Waals surface area contributed by atoms with Crippen LogP contribution in [0.25, 0.3) is 0 Å². The molecule has 1 heterocycles. The van der Waals surface area contributed by atoms with Crippen molar-refractivity contribution in [3.63, 3.8) is 0 Å². The van der Waals surface area contributed by atoms with Gasteiger partial charge in [0.2, 0.25) is 0 Å². The summed E-state index contributed by atoms with van der Waals surface area (Å²) >= 11 is 0. The van der Waals surface area contributed by atoms with Crippen molar-refractivity contribution in [2.75, 3.05) is 32.8 Å². The lowest BCUT2D eigenvalue weighted by Crippen LogP contribution is -2.40. The Morgan fingerprint density at radius 2 is 1.80 bits per heavy atom. The second kappa shape index (κ2) is 13.6. The number of likely N-dealkylation sites (tertiary alicyclic amines) is 1. The van der Waals surface area contributed by atoms with E-state index in [2.05, 4.69) is 29.3 Å². The standard InChI is InChI=1S/C24H33N3O2.HI/c1-2-25-24(26-16-23(28)15-20-9-5-3-6-10-20)27-14-13-22(17-27)19-29-18-21-11-7-4-8-12-21;/h3-12,22-23,28H,2,13-19H2,1H3,(H,25,26);1H. The minimum Gasteiger partial charge on any atom is -0.391 e. The molecule has 0 spiro atoms. The van der Waals surface area contributed by atoms with Crippen LogP contribution in [-0.4, -0.2) is 54.9 Å². The maximum atomic E-state index is 10.4. The van der Waals surface area contributed by atoms with Gasteiger partial charge in [0.25, 0.3) is 0 Å². The molecule has 164 valence electrons. The van der Waals surface area contributed by atoms with Crippen LogP contribution in [0.4, 0.5) is 0 Å². The first-order chi connectivity index (χ1) is 14.2. The highest BCUT2D eigenvalue weighted by Crippen LogP contribution is 2.17. The van der Waals surface area contributed by atoms with Gasteiger partial charge in [0.05, 0.1) is 25.9 Å². The molecular weight excluding hydrogens is 489 g/mol. The second-order valence-corrected chi connectivity index (χ2v) is 7.64. The van der Waals surface area contributed by atoms with Gasteiger partial charge in [-0.25, -0.2) is 0 Å². The SMILES string of the molecule is CCNC(=NCC(O)Cc1ccccc1)N1CCC(COCc2ccccc2)C1.I.